The van der Waals surface area contributed by atoms with Crippen LogP contribution in [0.25, 0.3) is 11.1 Å². The summed E-state index contributed by atoms with van der Waals surface area (Å²) in [5, 5.41) is 11.3. The molecule has 1 heterocycles. The van der Waals surface area contributed by atoms with Crippen molar-refractivity contribution in [3.8, 4) is 11.1 Å². The molecule has 0 fully saturated rings. The molecule has 0 spiro atoms. The molecule has 2 aromatic carbocycles. The predicted octanol–water partition coefficient (Wildman–Crippen LogP) is 4.36. The SMILES string of the molecule is Cc1ccc(-c2ccsc2C(=O)N(CCO)Cc2ccccc2)cc1. The molecule has 1 N–H and O–H groups in total. The smallest absolute Gasteiger partial charge is 0.264 e. The summed E-state index contributed by atoms with van der Waals surface area (Å²) in [6.07, 6.45) is 0. The number of carbonyl (C=O) groups excluding carboxylic acids is 1. The normalized spacial score (nSPS) is 10.6. The van der Waals surface area contributed by atoms with Gasteiger partial charge in [-0.05, 0) is 29.5 Å². The Labute approximate surface area is 152 Å². The van der Waals surface area contributed by atoms with E-state index in [0.29, 0.717) is 18.0 Å². The first-order chi connectivity index (χ1) is 12.2. The van der Waals surface area contributed by atoms with Crippen LogP contribution in [0, 0.1) is 6.92 Å². The second-order valence-electron chi connectivity index (χ2n) is 5.97. The maximum atomic E-state index is 13.1. The van der Waals surface area contributed by atoms with Crippen molar-refractivity contribution in [1.29, 1.82) is 0 Å². The molecule has 1 aromatic heterocycles. The van der Waals surface area contributed by atoms with Gasteiger partial charge in [0.25, 0.3) is 5.91 Å². The first-order valence-corrected chi connectivity index (χ1v) is 9.15. The lowest BCUT2D eigenvalue weighted by atomic mass is 10.0. The molecule has 0 saturated heterocycles. The van der Waals surface area contributed by atoms with Gasteiger partial charge in [-0.25, -0.2) is 0 Å². The Morgan fingerprint density at radius 3 is 2.44 bits per heavy atom. The molecule has 3 nitrogen and oxygen atoms in total. The summed E-state index contributed by atoms with van der Waals surface area (Å²) in [4.78, 5) is 15.5. The molecule has 0 saturated carbocycles. The minimum absolute atomic E-state index is 0.0384. The lowest BCUT2D eigenvalue weighted by Gasteiger charge is -2.22. The monoisotopic (exact) mass is 351 g/mol. The van der Waals surface area contributed by atoms with Gasteiger partial charge in [-0.15, -0.1) is 11.3 Å². The molecule has 0 aliphatic heterocycles. The Bertz CT molecular complexity index is 825. The van der Waals surface area contributed by atoms with Crippen LogP contribution >= 0.6 is 11.3 Å². The van der Waals surface area contributed by atoms with Gasteiger partial charge < -0.3 is 10.0 Å². The number of nitrogens with zero attached hydrogens (tertiary/aromatic N) is 1. The van der Waals surface area contributed by atoms with Crippen LogP contribution in [0.4, 0.5) is 0 Å². The molecule has 1 amide bonds. The van der Waals surface area contributed by atoms with Gasteiger partial charge in [-0.1, -0.05) is 60.2 Å². The molecule has 0 radical (unpaired) electrons. The van der Waals surface area contributed by atoms with Crippen molar-refractivity contribution in [2.45, 2.75) is 13.5 Å². The van der Waals surface area contributed by atoms with Crippen LogP contribution in [0.1, 0.15) is 20.8 Å². The van der Waals surface area contributed by atoms with E-state index in [1.807, 2.05) is 60.8 Å². The van der Waals surface area contributed by atoms with E-state index in [1.165, 1.54) is 16.9 Å². The van der Waals surface area contributed by atoms with E-state index in [4.69, 9.17) is 0 Å². The van der Waals surface area contributed by atoms with Gasteiger partial charge in [-0.3, -0.25) is 4.79 Å². The van der Waals surface area contributed by atoms with E-state index < -0.39 is 0 Å². The average Bonchev–Trinajstić information content (AvgIpc) is 3.12. The molecule has 0 aliphatic carbocycles. The van der Waals surface area contributed by atoms with Gasteiger partial charge >= 0.3 is 0 Å². The number of carbonyl (C=O) groups is 1. The second-order valence-corrected chi connectivity index (χ2v) is 6.88. The fourth-order valence-corrected chi connectivity index (χ4v) is 3.64. The Morgan fingerprint density at radius 2 is 1.76 bits per heavy atom. The van der Waals surface area contributed by atoms with Crippen molar-refractivity contribution in [2.24, 2.45) is 0 Å². The van der Waals surface area contributed by atoms with Crippen LogP contribution in [0.2, 0.25) is 0 Å². The molecule has 3 rings (SSSR count). The van der Waals surface area contributed by atoms with Crippen LogP contribution in [0.5, 0.6) is 0 Å². The topological polar surface area (TPSA) is 40.5 Å². The minimum atomic E-state index is -0.0518. The van der Waals surface area contributed by atoms with E-state index in [1.54, 1.807) is 4.90 Å². The summed E-state index contributed by atoms with van der Waals surface area (Å²) >= 11 is 1.45. The molecular weight excluding hydrogens is 330 g/mol. The molecule has 0 aliphatic rings. The maximum absolute atomic E-state index is 13.1. The Balaban J connectivity index is 1.88. The lowest BCUT2D eigenvalue weighted by Crippen LogP contribution is -2.32. The molecule has 128 valence electrons. The largest absolute Gasteiger partial charge is 0.395 e. The number of rotatable bonds is 6. The summed E-state index contributed by atoms with van der Waals surface area (Å²) in [7, 11) is 0. The van der Waals surface area contributed by atoms with Gasteiger partial charge in [0.15, 0.2) is 0 Å². The van der Waals surface area contributed by atoms with Crippen molar-refractivity contribution >= 4 is 17.2 Å². The van der Waals surface area contributed by atoms with Gasteiger partial charge in [0.2, 0.25) is 0 Å². The average molecular weight is 351 g/mol. The predicted molar refractivity (Wildman–Crippen MR) is 103 cm³/mol. The highest BCUT2D eigenvalue weighted by molar-refractivity contribution is 7.12. The fraction of sp³-hybridized carbons (Fsp3) is 0.190. The highest BCUT2D eigenvalue weighted by Gasteiger charge is 2.21. The third-order valence-electron chi connectivity index (χ3n) is 4.10. The third kappa shape index (κ3) is 4.16. The summed E-state index contributed by atoms with van der Waals surface area (Å²) in [5.41, 5.74) is 4.24. The lowest BCUT2D eigenvalue weighted by molar-refractivity contribution is 0.0713. The van der Waals surface area contributed by atoms with E-state index >= 15 is 0 Å². The molecule has 0 atom stereocenters. The number of aliphatic hydroxyl groups is 1. The van der Waals surface area contributed by atoms with Crippen LogP contribution in [0.15, 0.2) is 66.0 Å². The highest BCUT2D eigenvalue weighted by Crippen LogP contribution is 2.30. The molecule has 4 heteroatoms. The van der Waals surface area contributed by atoms with E-state index in [-0.39, 0.29) is 12.5 Å². The third-order valence-corrected chi connectivity index (χ3v) is 5.00. The van der Waals surface area contributed by atoms with Crippen LogP contribution in [-0.4, -0.2) is 29.1 Å². The maximum Gasteiger partial charge on any atom is 0.264 e. The number of hydrogen-bond donors (Lipinski definition) is 1. The number of amides is 1. The number of hydrogen-bond acceptors (Lipinski definition) is 3. The van der Waals surface area contributed by atoms with Crippen LogP contribution in [0.3, 0.4) is 0 Å². The van der Waals surface area contributed by atoms with Crippen molar-refractivity contribution in [3.05, 3.63) is 82.0 Å². The zero-order chi connectivity index (χ0) is 17.6. The zero-order valence-electron chi connectivity index (χ0n) is 14.2. The second kappa shape index (κ2) is 8.10. The summed E-state index contributed by atoms with van der Waals surface area (Å²) in [6.45, 7) is 2.81. The van der Waals surface area contributed by atoms with Gasteiger partial charge in [0.05, 0.1) is 11.5 Å². The number of benzene rings is 2. The Kier molecular flexibility index (Phi) is 5.64. The van der Waals surface area contributed by atoms with E-state index in [9.17, 15) is 9.90 Å². The van der Waals surface area contributed by atoms with Crippen molar-refractivity contribution < 1.29 is 9.90 Å². The first kappa shape index (κ1) is 17.4. The fourth-order valence-electron chi connectivity index (χ4n) is 2.76. The number of aryl methyl sites for hydroxylation is 1. The summed E-state index contributed by atoms with van der Waals surface area (Å²) in [5.74, 6) is -0.0384. The Morgan fingerprint density at radius 1 is 1.04 bits per heavy atom. The summed E-state index contributed by atoms with van der Waals surface area (Å²) < 4.78 is 0. The standard InChI is InChI=1S/C21H21NO2S/c1-16-7-9-18(10-8-16)19-11-14-25-20(19)21(24)22(12-13-23)15-17-5-3-2-4-6-17/h2-11,14,23H,12-13,15H2,1H3. The van der Waals surface area contributed by atoms with Crippen LogP contribution < -0.4 is 0 Å². The van der Waals surface area contributed by atoms with Crippen molar-refractivity contribution in [3.63, 3.8) is 0 Å². The molecule has 0 unspecified atom stereocenters. The molecular formula is C21H21NO2S. The molecule has 0 bridgehead atoms. The van der Waals surface area contributed by atoms with E-state index in [0.717, 1.165) is 16.7 Å². The van der Waals surface area contributed by atoms with Gasteiger partial charge in [-0.2, -0.15) is 0 Å². The first-order valence-electron chi connectivity index (χ1n) is 8.27. The summed E-state index contributed by atoms with van der Waals surface area (Å²) in [6, 6.07) is 20.0. The quantitative estimate of drug-likeness (QED) is 0.717. The molecule has 25 heavy (non-hydrogen) atoms. The van der Waals surface area contributed by atoms with Crippen LogP contribution in [-0.2, 0) is 6.54 Å². The van der Waals surface area contributed by atoms with Crippen molar-refractivity contribution in [1.82, 2.24) is 4.90 Å². The number of thiophene rings is 1. The van der Waals surface area contributed by atoms with Gasteiger partial charge in [0.1, 0.15) is 0 Å². The highest BCUT2D eigenvalue weighted by atomic mass is 32.1. The van der Waals surface area contributed by atoms with Gasteiger partial charge in [0, 0.05) is 18.7 Å². The molecule has 3 aromatic rings. The Hall–Kier alpha value is -2.43. The van der Waals surface area contributed by atoms with E-state index in [2.05, 4.69) is 12.1 Å². The number of aliphatic hydroxyl groups excluding tert-OH is 1. The zero-order valence-corrected chi connectivity index (χ0v) is 15.0. The minimum Gasteiger partial charge on any atom is -0.395 e. The van der Waals surface area contributed by atoms with Crippen molar-refractivity contribution in [2.75, 3.05) is 13.2 Å².